The molecule has 0 saturated carbocycles. The van der Waals surface area contributed by atoms with Gasteiger partial charge >= 0.3 is 0 Å². The predicted molar refractivity (Wildman–Crippen MR) is 103 cm³/mol. The summed E-state index contributed by atoms with van der Waals surface area (Å²) in [5.41, 5.74) is 1.51. The first-order valence-corrected chi connectivity index (χ1v) is 9.60. The van der Waals surface area contributed by atoms with Gasteiger partial charge in [0, 0.05) is 24.8 Å². The van der Waals surface area contributed by atoms with Gasteiger partial charge in [0.25, 0.3) is 0 Å². The quantitative estimate of drug-likeness (QED) is 0.610. The van der Waals surface area contributed by atoms with E-state index in [-0.39, 0.29) is 11.8 Å². The first-order valence-electron chi connectivity index (χ1n) is 7.80. The lowest BCUT2D eigenvalue weighted by atomic mass is 10.2. The van der Waals surface area contributed by atoms with Crippen molar-refractivity contribution in [1.82, 2.24) is 15.5 Å². The van der Waals surface area contributed by atoms with Gasteiger partial charge in [-0.25, -0.2) is 0 Å². The molecular weight excluding hydrogens is 358 g/mol. The van der Waals surface area contributed by atoms with Gasteiger partial charge in [0.05, 0.1) is 5.75 Å². The number of thioether (sulfide) groups is 1. The van der Waals surface area contributed by atoms with E-state index >= 15 is 0 Å². The first-order chi connectivity index (χ1) is 11.9. The minimum absolute atomic E-state index is 0.00795. The summed E-state index contributed by atoms with van der Waals surface area (Å²) in [6.07, 6.45) is 0. The second-order valence-corrected chi connectivity index (χ2v) is 7.95. The molecule has 0 spiro atoms. The van der Waals surface area contributed by atoms with Gasteiger partial charge in [-0.2, -0.15) is 0 Å². The van der Waals surface area contributed by atoms with E-state index in [0.717, 1.165) is 10.0 Å². The molecule has 1 aromatic heterocycles. The van der Waals surface area contributed by atoms with Crippen LogP contribution in [0.2, 0.25) is 0 Å². The maximum absolute atomic E-state index is 11.7. The Bertz CT molecular complexity index is 733. The van der Waals surface area contributed by atoms with Crippen LogP contribution in [0.1, 0.15) is 20.8 Å². The number of amides is 2. The molecule has 3 N–H and O–H groups in total. The largest absolute Gasteiger partial charge is 0.355 e. The molecule has 2 amide bonds. The number of rotatable bonds is 8. The van der Waals surface area contributed by atoms with Crippen molar-refractivity contribution in [1.29, 1.82) is 0 Å². The molecule has 0 atom stereocenters. The number of hydrogen-bond donors (Lipinski definition) is 3. The van der Waals surface area contributed by atoms with Crippen LogP contribution in [0.15, 0.2) is 28.6 Å². The summed E-state index contributed by atoms with van der Waals surface area (Å²) in [5.74, 6) is 0.618. The average molecular weight is 380 g/mol. The lowest BCUT2D eigenvalue weighted by molar-refractivity contribution is -0.118. The monoisotopic (exact) mass is 379 g/mol. The molecule has 0 saturated heterocycles. The second kappa shape index (κ2) is 9.38. The molecule has 0 aliphatic heterocycles. The van der Waals surface area contributed by atoms with Crippen LogP contribution in [0.4, 0.5) is 16.5 Å². The van der Waals surface area contributed by atoms with Gasteiger partial charge in [0.2, 0.25) is 16.9 Å². The van der Waals surface area contributed by atoms with Gasteiger partial charge in [-0.05, 0) is 24.1 Å². The average Bonchev–Trinajstić information content (AvgIpc) is 2.98. The van der Waals surface area contributed by atoms with E-state index in [2.05, 4.69) is 40.0 Å². The minimum Gasteiger partial charge on any atom is -0.355 e. The molecule has 1 heterocycles. The zero-order valence-corrected chi connectivity index (χ0v) is 16.0. The molecule has 0 fully saturated rings. The lowest BCUT2D eigenvalue weighted by Crippen LogP contribution is -2.28. The standard InChI is InChI=1S/C16H21N5O2S2/c1-10(2)8-17-14(23)9-24-16-21-20-15(25-16)19-13-6-4-5-12(7-13)18-11(3)22/h4-7,10H,8-9H2,1-3H3,(H,17,23)(H,18,22)(H,19,20). The highest BCUT2D eigenvalue weighted by atomic mass is 32.2. The van der Waals surface area contributed by atoms with E-state index in [1.54, 1.807) is 0 Å². The number of nitrogens with one attached hydrogen (secondary N) is 3. The number of nitrogens with zero attached hydrogens (tertiary/aromatic N) is 2. The van der Waals surface area contributed by atoms with Crippen molar-refractivity contribution >= 4 is 51.4 Å². The van der Waals surface area contributed by atoms with Gasteiger partial charge in [-0.15, -0.1) is 10.2 Å². The van der Waals surface area contributed by atoms with Crippen molar-refractivity contribution < 1.29 is 9.59 Å². The first kappa shape index (κ1) is 19.2. The summed E-state index contributed by atoms with van der Waals surface area (Å²) in [5, 5.41) is 17.5. The van der Waals surface area contributed by atoms with Gasteiger partial charge < -0.3 is 16.0 Å². The number of hydrogen-bond acceptors (Lipinski definition) is 7. The number of aromatic nitrogens is 2. The molecule has 25 heavy (non-hydrogen) atoms. The lowest BCUT2D eigenvalue weighted by Gasteiger charge is -2.06. The van der Waals surface area contributed by atoms with Crippen LogP contribution >= 0.6 is 23.1 Å². The molecule has 0 unspecified atom stereocenters. The zero-order valence-electron chi connectivity index (χ0n) is 14.3. The smallest absolute Gasteiger partial charge is 0.230 e. The van der Waals surface area contributed by atoms with Gasteiger partial charge in [-0.1, -0.05) is 43.0 Å². The van der Waals surface area contributed by atoms with Crippen molar-refractivity contribution in [2.45, 2.75) is 25.1 Å². The normalized spacial score (nSPS) is 10.6. The van der Waals surface area contributed by atoms with Crippen LogP contribution in [-0.4, -0.2) is 34.3 Å². The van der Waals surface area contributed by atoms with E-state index in [1.165, 1.54) is 30.0 Å². The Balaban J connectivity index is 1.87. The van der Waals surface area contributed by atoms with Crippen molar-refractivity contribution in [3.63, 3.8) is 0 Å². The van der Waals surface area contributed by atoms with Crippen molar-refractivity contribution in [2.24, 2.45) is 5.92 Å². The third kappa shape index (κ3) is 7.10. The SMILES string of the molecule is CC(=O)Nc1cccc(Nc2nnc(SCC(=O)NCC(C)C)s2)c1. The van der Waals surface area contributed by atoms with E-state index < -0.39 is 0 Å². The molecule has 134 valence electrons. The Kier molecular flexibility index (Phi) is 7.20. The molecule has 0 radical (unpaired) electrons. The summed E-state index contributed by atoms with van der Waals surface area (Å²) in [7, 11) is 0. The Labute approximate surface area is 155 Å². The van der Waals surface area contributed by atoms with Crippen molar-refractivity contribution in [3.8, 4) is 0 Å². The topological polar surface area (TPSA) is 96.0 Å². The summed E-state index contributed by atoms with van der Waals surface area (Å²) in [4.78, 5) is 22.8. The van der Waals surface area contributed by atoms with E-state index in [9.17, 15) is 9.59 Å². The summed E-state index contributed by atoms with van der Waals surface area (Å²) in [6.45, 7) is 6.24. The highest BCUT2D eigenvalue weighted by Gasteiger charge is 2.09. The fraction of sp³-hybridized carbons (Fsp3) is 0.375. The molecule has 1 aromatic carbocycles. The second-order valence-electron chi connectivity index (χ2n) is 5.75. The predicted octanol–water partition coefficient (Wildman–Crippen LogP) is 3.10. The summed E-state index contributed by atoms with van der Waals surface area (Å²) >= 11 is 2.74. The van der Waals surface area contributed by atoms with E-state index in [1.807, 2.05) is 24.3 Å². The number of carbonyl (C=O) groups excluding carboxylic acids is 2. The number of anilines is 3. The highest BCUT2D eigenvalue weighted by Crippen LogP contribution is 2.28. The van der Waals surface area contributed by atoms with Gasteiger partial charge in [0.1, 0.15) is 0 Å². The Morgan fingerprint density at radius 3 is 2.72 bits per heavy atom. The Hall–Kier alpha value is -2.13. The molecule has 9 heteroatoms. The molecule has 7 nitrogen and oxygen atoms in total. The third-order valence-corrected chi connectivity index (χ3v) is 4.85. The molecule has 2 rings (SSSR count). The van der Waals surface area contributed by atoms with Crippen molar-refractivity contribution in [3.05, 3.63) is 24.3 Å². The van der Waals surface area contributed by atoms with Gasteiger partial charge in [0.15, 0.2) is 4.34 Å². The minimum atomic E-state index is -0.123. The van der Waals surface area contributed by atoms with Gasteiger partial charge in [-0.3, -0.25) is 9.59 Å². The van der Waals surface area contributed by atoms with Crippen LogP contribution in [0.3, 0.4) is 0 Å². The highest BCUT2D eigenvalue weighted by molar-refractivity contribution is 8.01. The number of carbonyl (C=O) groups is 2. The maximum Gasteiger partial charge on any atom is 0.230 e. The van der Waals surface area contributed by atoms with Crippen LogP contribution in [-0.2, 0) is 9.59 Å². The molecular formula is C16H21N5O2S2. The van der Waals surface area contributed by atoms with E-state index in [4.69, 9.17) is 0 Å². The Morgan fingerprint density at radius 2 is 2.00 bits per heavy atom. The molecule has 0 aliphatic carbocycles. The van der Waals surface area contributed by atoms with Crippen LogP contribution in [0.25, 0.3) is 0 Å². The summed E-state index contributed by atoms with van der Waals surface area (Å²) < 4.78 is 0.722. The number of benzene rings is 1. The fourth-order valence-corrected chi connectivity index (χ4v) is 3.42. The van der Waals surface area contributed by atoms with Crippen LogP contribution in [0.5, 0.6) is 0 Å². The fourth-order valence-electron chi connectivity index (χ4n) is 1.82. The Morgan fingerprint density at radius 1 is 1.24 bits per heavy atom. The van der Waals surface area contributed by atoms with Crippen LogP contribution in [0, 0.1) is 5.92 Å². The zero-order chi connectivity index (χ0) is 18.2. The molecule has 0 bridgehead atoms. The summed E-state index contributed by atoms with van der Waals surface area (Å²) in [6, 6.07) is 7.33. The molecule has 2 aromatic rings. The van der Waals surface area contributed by atoms with Crippen LogP contribution < -0.4 is 16.0 Å². The van der Waals surface area contributed by atoms with E-state index in [0.29, 0.717) is 29.0 Å². The van der Waals surface area contributed by atoms with Crippen molar-refractivity contribution in [2.75, 3.05) is 22.9 Å². The maximum atomic E-state index is 11.7. The third-order valence-electron chi connectivity index (χ3n) is 2.87. The molecule has 0 aliphatic rings.